The first kappa shape index (κ1) is 20.9. The number of aryl methyl sites for hydroxylation is 1. The maximum Gasteiger partial charge on any atom is 0.257 e. The smallest absolute Gasteiger partial charge is 0.257 e. The van der Waals surface area contributed by atoms with Crippen LogP contribution in [0.1, 0.15) is 21.6 Å². The third-order valence-electron chi connectivity index (χ3n) is 6.46. The molecule has 4 aromatic rings. The number of piperazine rings is 1. The summed E-state index contributed by atoms with van der Waals surface area (Å²) in [5.74, 6) is -0.119. The number of nitrogens with one attached hydrogen (secondary N) is 1. The highest BCUT2D eigenvalue weighted by atomic mass is 16.2. The minimum atomic E-state index is -0.534. The summed E-state index contributed by atoms with van der Waals surface area (Å²) in [7, 11) is 1.81. The Morgan fingerprint density at radius 3 is 2.58 bits per heavy atom. The number of likely N-dealkylation sites (N-methyl/N-ethyl adjacent to an activating group) is 1. The van der Waals surface area contributed by atoms with Gasteiger partial charge in [0.2, 0.25) is 5.91 Å². The van der Waals surface area contributed by atoms with Crippen LogP contribution in [0.3, 0.4) is 0 Å². The Morgan fingerprint density at radius 2 is 1.82 bits per heavy atom. The Hall–Kier alpha value is -3.93. The second-order valence-electron chi connectivity index (χ2n) is 8.59. The molecule has 1 N–H and O–H groups in total. The van der Waals surface area contributed by atoms with Gasteiger partial charge in [-0.1, -0.05) is 48.5 Å². The lowest BCUT2D eigenvalue weighted by Crippen LogP contribution is -2.58. The Morgan fingerprint density at radius 1 is 1.03 bits per heavy atom. The molecular formula is C27H26N4O2. The number of aromatic nitrogens is 2. The number of pyridine rings is 1. The highest BCUT2D eigenvalue weighted by Crippen LogP contribution is 2.27. The normalized spacial score (nSPS) is 16.4. The number of rotatable bonds is 4. The molecule has 1 saturated heterocycles. The van der Waals surface area contributed by atoms with Gasteiger partial charge in [-0.15, -0.1) is 0 Å². The zero-order valence-electron chi connectivity index (χ0n) is 18.8. The van der Waals surface area contributed by atoms with Crippen molar-refractivity contribution < 1.29 is 9.59 Å². The van der Waals surface area contributed by atoms with E-state index in [9.17, 15) is 9.59 Å². The van der Waals surface area contributed by atoms with Gasteiger partial charge in [-0.2, -0.15) is 0 Å². The number of hydrogen-bond donors (Lipinski definition) is 1. The number of amides is 2. The minimum absolute atomic E-state index is 0.0246. The zero-order valence-corrected chi connectivity index (χ0v) is 18.8. The lowest BCUT2D eigenvalue weighted by atomic mass is 9.98. The van der Waals surface area contributed by atoms with Gasteiger partial charge >= 0.3 is 0 Å². The summed E-state index contributed by atoms with van der Waals surface area (Å²) < 4.78 is 0. The molecule has 1 fully saturated rings. The molecule has 0 radical (unpaired) electrons. The minimum Gasteiger partial charge on any atom is -0.358 e. The fraction of sp³-hybridized carbons (Fsp3) is 0.222. The van der Waals surface area contributed by atoms with Crippen LogP contribution in [-0.2, 0) is 11.2 Å². The van der Waals surface area contributed by atoms with Gasteiger partial charge in [-0.25, -0.2) is 0 Å². The molecule has 0 saturated carbocycles. The van der Waals surface area contributed by atoms with Crippen molar-refractivity contribution in [2.75, 3.05) is 20.1 Å². The highest BCUT2D eigenvalue weighted by molar-refractivity contribution is 6.09. The van der Waals surface area contributed by atoms with Crippen molar-refractivity contribution in [1.82, 2.24) is 19.8 Å². The molecule has 1 unspecified atom stereocenters. The van der Waals surface area contributed by atoms with Crippen molar-refractivity contribution in [1.29, 1.82) is 0 Å². The predicted octanol–water partition coefficient (Wildman–Crippen LogP) is 4.06. The molecular weight excluding hydrogens is 412 g/mol. The van der Waals surface area contributed by atoms with Gasteiger partial charge < -0.3 is 14.8 Å². The molecule has 2 aromatic heterocycles. The van der Waals surface area contributed by atoms with E-state index in [0.717, 1.165) is 33.3 Å². The molecule has 6 heteroatoms. The summed E-state index contributed by atoms with van der Waals surface area (Å²) >= 11 is 0. The first-order valence-corrected chi connectivity index (χ1v) is 11.2. The predicted molar refractivity (Wildman–Crippen MR) is 129 cm³/mol. The summed E-state index contributed by atoms with van der Waals surface area (Å²) in [5.41, 5.74) is 5.54. The van der Waals surface area contributed by atoms with Crippen LogP contribution in [0.2, 0.25) is 0 Å². The van der Waals surface area contributed by atoms with Crippen LogP contribution < -0.4 is 0 Å². The number of para-hydroxylation sites is 1. The standard InChI is InChI=1S/C27H26N4O2/c1-18-25(22-7-3-4-8-23(22)29-18)27(33)31-15-14-30(2)26(32)24(31)16-19-9-11-20(12-10-19)21-6-5-13-28-17-21/h3-13,17,24,29H,14-16H2,1-2H3. The molecule has 6 nitrogen and oxygen atoms in total. The van der Waals surface area contributed by atoms with Crippen molar-refractivity contribution in [2.24, 2.45) is 0 Å². The van der Waals surface area contributed by atoms with Crippen LogP contribution in [0, 0.1) is 6.92 Å². The molecule has 166 valence electrons. The fourth-order valence-electron chi connectivity index (χ4n) is 4.64. The number of carbonyl (C=O) groups excluding carboxylic acids is 2. The van der Waals surface area contributed by atoms with E-state index in [-0.39, 0.29) is 11.8 Å². The highest BCUT2D eigenvalue weighted by Gasteiger charge is 2.37. The van der Waals surface area contributed by atoms with Gasteiger partial charge in [0, 0.05) is 55.5 Å². The van der Waals surface area contributed by atoms with E-state index in [0.29, 0.717) is 25.1 Å². The first-order valence-electron chi connectivity index (χ1n) is 11.2. The van der Waals surface area contributed by atoms with Crippen LogP contribution in [0.25, 0.3) is 22.0 Å². The first-order chi connectivity index (χ1) is 16.0. The topological polar surface area (TPSA) is 69.3 Å². The van der Waals surface area contributed by atoms with Crippen LogP contribution in [0.5, 0.6) is 0 Å². The summed E-state index contributed by atoms with van der Waals surface area (Å²) in [6.07, 6.45) is 4.06. The number of nitrogens with zero attached hydrogens (tertiary/aromatic N) is 3. The van der Waals surface area contributed by atoms with Crippen molar-refractivity contribution >= 4 is 22.7 Å². The van der Waals surface area contributed by atoms with E-state index in [1.54, 1.807) is 23.0 Å². The van der Waals surface area contributed by atoms with Crippen molar-refractivity contribution in [3.63, 3.8) is 0 Å². The average Bonchev–Trinajstić information content (AvgIpc) is 3.18. The Balaban J connectivity index is 1.44. The van der Waals surface area contributed by atoms with E-state index >= 15 is 0 Å². The van der Waals surface area contributed by atoms with Crippen LogP contribution in [-0.4, -0.2) is 57.8 Å². The summed E-state index contributed by atoms with van der Waals surface area (Å²) in [5, 5.41) is 0.894. The summed E-state index contributed by atoms with van der Waals surface area (Å²) in [4.78, 5) is 37.8. The quantitative estimate of drug-likeness (QED) is 0.522. The maximum absolute atomic E-state index is 13.7. The van der Waals surface area contributed by atoms with Gasteiger partial charge in [0.05, 0.1) is 5.56 Å². The molecule has 0 bridgehead atoms. The molecule has 33 heavy (non-hydrogen) atoms. The lowest BCUT2D eigenvalue weighted by molar-refractivity contribution is -0.138. The van der Waals surface area contributed by atoms with E-state index in [1.165, 1.54) is 0 Å². The van der Waals surface area contributed by atoms with E-state index in [1.807, 2.05) is 73.8 Å². The van der Waals surface area contributed by atoms with Gasteiger partial charge in [0.25, 0.3) is 5.91 Å². The van der Waals surface area contributed by atoms with E-state index < -0.39 is 6.04 Å². The third kappa shape index (κ3) is 3.89. The molecule has 1 aliphatic heterocycles. The fourth-order valence-corrected chi connectivity index (χ4v) is 4.64. The molecule has 3 heterocycles. The Labute approximate surface area is 192 Å². The third-order valence-corrected chi connectivity index (χ3v) is 6.46. The van der Waals surface area contributed by atoms with Crippen LogP contribution >= 0.6 is 0 Å². The molecule has 5 rings (SSSR count). The SMILES string of the molecule is Cc1[nH]c2ccccc2c1C(=O)N1CCN(C)C(=O)C1Cc1ccc(-c2cccnc2)cc1. The Kier molecular flexibility index (Phi) is 5.42. The number of carbonyl (C=O) groups is 2. The molecule has 2 aromatic carbocycles. The number of benzene rings is 2. The molecule has 2 amide bonds. The second-order valence-corrected chi connectivity index (χ2v) is 8.59. The number of hydrogen-bond acceptors (Lipinski definition) is 3. The van der Waals surface area contributed by atoms with Gasteiger partial charge in [0.1, 0.15) is 6.04 Å². The second kappa shape index (κ2) is 8.54. The molecule has 1 aliphatic rings. The molecule has 1 atom stereocenters. The number of aromatic amines is 1. The van der Waals surface area contributed by atoms with Crippen molar-refractivity contribution in [2.45, 2.75) is 19.4 Å². The van der Waals surface area contributed by atoms with Gasteiger partial charge in [-0.3, -0.25) is 14.6 Å². The number of H-pyrrole nitrogens is 1. The average molecular weight is 439 g/mol. The van der Waals surface area contributed by atoms with E-state index in [4.69, 9.17) is 0 Å². The summed E-state index contributed by atoms with van der Waals surface area (Å²) in [6.45, 7) is 2.96. The molecule has 0 aliphatic carbocycles. The zero-order chi connectivity index (χ0) is 22.9. The van der Waals surface area contributed by atoms with Crippen LogP contribution in [0.4, 0.5) is 0 Å². The van der Waals surface area contributed by atoms with Crippen molar-refractivity contribution in [3.05, 3.63) is 89.9 Å². The van der Waals surface area contributed by atoms with Gasteiger partial charge in [-0.05, 0) is 35.7 Å². The maximum atomic E-state index is 13.7. The van der Waals surface area contributed by atoms with Crippen LogP contribution in [0.15, 0.2) is 73.1 Å². The Bertz CT molecular complexity index is 1310. The largest absolute Gasteiger partial charge is 0.358 e. The van der Waals surface area contributed by atoms with Gasteiger partial charge in [0.15, 0.2) is 0 Å². The lowest BCUT2D eigenvalue weighted by Gasteiger charge is -2.39. The monoisotopic (exact) mass is 438 g/mol. The van der Waals surface area contributed by atoms with Crippen molar-refractivity contribution in [3.8, 4) is 11.1 Å². The molecule has 0 spiro atoms. The number of fused-ring (bicyclic) bond motifs is 1. The van der Waals surface area contributed by atoms with E-state index in [2.05, 4.69) is 9.97 Å². The summed E-state index contributed by atoms with van der Waals surface area (Å²) in [6, 6.07) is 19.3.